The van der Waals surface area contributed by atoms with Gasteiger partial charge in [0.1, 0.15) is 6.04 Å². The maximum atomic E-state index is 13.0. The summed E-state index contributed by atoms with van der Waals surface area (Å²) < 4.78 is 44.4. The monoisotopic (exact) mass is 356 g/mol. The molecule has 2 fully saturated rings. The first-order valence-corrected chi connectivity index (χ1v) is 8.67. The molecule has 1 aliphatic carbocycles. The average molecular weight is 356 g/mol. The number of hydrogen-bond acceptors (Lipinski definition) is 3. The molecule has 0 bridgehead atoms. The van der Waals surface area contributed by atoms with Crippen molar-refractivity contribution in [3.05, 3.63) is 35.4 Å². The van der Waals surface area contributed by atoms with Crippen molar-refractivity contribution in [1.82, 2.24) is 10.6 Å². The van der Waals surface area contributed by atoms with Crippen LogP contribution >= 0.6 is 0 Å². The molecule has 7 heteroatoms. The first kappa shape index (κ1) is 18.2. The summed E-state index contributed by atoms with van der Waals surface area (Å²) in [5, 5.41) is 6.02. The zero-order valence-electron chi connectivity index (χ0n) is 14.0. The van der Waals surface area contributed by atoms with Crippen LogP contribution in [0.1, 0.15) is 36.8 Å². The Morgan fingerprint density at radius 1 is 1.32 bits per heavy atom. The summed E-state index contributed by atoms with van der Waals surface area (Å²) in [6, 6.07) is 5.13. The second-order valence-electron chi connectivity index (χ2n) is 6.87. The molecule has 1 saturated carbocycles. The van der Waals surface area contributed by atoms with E-state index >= 15 is 0 Å². The van der Waals surface area contributed by atoms with Crippen molar-refractivity contribution in [2.24, 2.45) is 0 Å². The highest BCUT2D eigenvalue weighted by molar-refractivity contribution is 5.82. The molecule has 2 aliphatic rings. The zero-order chi connectivity index (χ0) is 17.9. The van der Waals surface area contributed by atoms with E-state index in [1.807, 2.05) is 0 Å². The van der Waals surface area contributed by atoms with Crippen LogP contribution in [-0.4, -0.2) is 38.3 Å². The van der Waals surface area contributed by atoms with Crippen molar-refractivity contribution in [2.75, 3.05) is 26.3 Å². The fourth-order valence-electron chi connectivity index (χ4n) is 3.76. The lowest BCUT2D eigenvalue weighted by Gasteiger charge is -2.32. The Kier molecular flexibility index (Phi) is 5.34. The summed E-state index contributed by atoms with van der Waals surface area (Å²) in [6.07, 6.45) is -0.886. The normalized spacial score (nSPS) is 23.4. The van der Waals surface area contributed by atoms with Gasteiger partial charge in [0.25, 0.3) is 0 Å². The van der Waals surface area contributed by atoms with Gasteiger partial charge in [-0.25, -0.2) is 0 Å². The number of halogens is 3. The zero-order valence-corrected chi connectivity index (χ0v) is 14.0. The summed E-state index contributed by atoms with van der Waals surface area (Å²) >= 11 is 0. The van der Waals surface area contributed by atoms with E-state index in [1.54, 1.807) is 6.07 Å². The molecular formula is C18H23F3N2O2. The summed E-state index contributed by atoms with van der Waals surface area (Å²) in [5.74, 6) is -0.155. The Morgan fingerprint density at radius 3 is 2.72 bits per heavy atom. The number of nitrogens with one attached hydrogen (secondary N) is 2. The van der Waals surface area contributed by atoms with E-state index in [4.69, 9.17) is 4.74 Å². The van der Waals surface area contributed by atoms with Gasteiger partial charge in [-0.05, 0) is 24.5 Å². The van der Waals surface area contributed by atoms with Crippen LogP contribution in [0.5, 0.6) is 0 Å². The lowest BCUT2D eigenvalue weighted by atomic mass is 9.78. The number of ether oxygens (including phenoxy) is 1. The Balaban J connectivity index is 1.74. The molecule has 1 saturated heterocycles. The molecule has 3 rings (SSSR count). The van der Waals surface area contributed by atoms with Crippen LogP contribution in [-0.2, 0) is 21.1 Å². The summed E-state index contributed by atoms with van der Waals surface area (Å²) in [4.78, 5) is 12.3. The van der Waals surface area contributed by atoms with Crippen molar-refractivity contribution in [3.8, 4) is 0 Å². The lowest BCUT2D eigenvalue weighted by Crippen LogP contribution is -2.53. The molecule has 4 nitrogen and oxygen atoms in total. The van der Waals surface area contributed by atoms with Gasteiger partial charge in [-0.3, -0.25) is 4.79 Å². The molecule has 1 atom stereocenters. The Labute approximate surface area is 145 Å². The Morgan fingerprint density at radius 2 is 2.08 bits per heavy atom. The maximum Gasteiger partial charge on any atom is 0.416 e. The molecule has 1 unspecified atom stereocenters. The maximum absolute atomic E-state index is 13.0. The van der Waals surface area contributed by atoms with Gasteiger partial charge >= 0.3 is 6.18 Å². The lowest BCUT2D eigenvalue weighted by molar-refractivity contribution is -0.137. The number of carbonyl (C=O) groups excluding carboxylic acids is 1. The molecule has 25 heavy (non-hydrogen) atoms. The minimum Gasteiger partial charge on any atom is -0.378 e. The second-order valence-corrected chi connectivity index (χ2v) is 6.87. The molecule has 0 aromatic heterocycles. The first-order chi connectivity index (χ1) is 11.9. The van der Waals surface area contributed by atoms with E-state index in [1.165, 1.54) is 12.1 Å². The number of benzene rings is 1. The predicted molar refractivity (Wildman–Crippen MR) is 87.2 cm³/mol. The topological polar surface area (TPSA) is 50.4 Å². The van der Waals surface area contributed by atoms with E-state index in [0.29, 0.717) is 31.9 Å². The number of amides is 1. The molecule has 1 aromatic rings. The molecule has 0 radical (unpaired) electrons. The van der Waals surface area contributed by atoms with Crippen LogP contribution in [0, 0.1) is 0 Å². The van der Waals surface area contributed by atoms with Crippen molar-refractivity contribution in [2.45, 2.75) is 43.3 Å². The first-order valence-electron chi connectivity index (χ1n) is 8.67. The summed E-state index contributed by atoms with van der Waals surface area (Å²) in [6.45, 7) is 1.88. The van der Waals surface area contributed by atoms with Gasteiger partial charge in [0.15, 0.2) is 0 Å². The molecule has 1 aliphatic heterocycles. The van der Waals surface area contributed by atoms with Gasteiger partial charge in [-0.2, -0.15) is 13.2 Å². The van der Waals surface area contributed by atoms with Crippen LogP contribution < -0.4 is 10.6 Å². The Bertz CT molecular complexity index is 607. The highest BCUT2D eigenvalue weighted by Gasteiger charge is 2.38. The van der Waals surface area contributed by atoms with E-state index < -0.39 is 23.2 Å². The molecule has 1 heterocycles. The van der Waals surface area contributed by atoms with Gasteiger partial charge in [-0.15, -0.1) is 0 Å². The van der Waals surface area contributed by atoms with Crippen LogP contribution in [0.15, 0.2) is 24.3 Å². The fraction of sp³-hybridized carbons (Fsp3) is 0.611. The van der Waals surface area contributed by atoms with Crippen molar-refractivity contribution >= 4 is 5.91 Å². The third-order valence-corrected chi connectivity index (χ3v) is 5.20. The van der Waals surface area contributed by atoms with E-state index in [-0.39, 0.29) is 5.91 Å². The van der Waals surface area contributed by atoms with Crippen molar-refractivity contribution < 1.29 is 22.7 Å². The van der Waals surface area contributed by atoms with Gasteiger partial charge in [0.2, 0.25) is 5.91 Å². The number of rotatable bonds is 4. The van der Waals surface area contributed by atoms with Crippen LogP contribution in [0.4, 0.5) is 13.2 Å². The second kappa shape index (κ2) is 7.33. The SMILES string of the molecule is O=C(NCC1(c2cccc(C(F)(F)F)c2)CCCC1)C1COCCN1. The summed E-state index contributed by atoms with van der Waals surface area (Å²) in [7, 11) is 0. The third-order valence-electron chi connectivity index (χ3n) is 5.20. The van der Waals surface area contributed by atoms with Crippen LogP contribution in [0.25, 0.3) is 0 Å². The standard InChI is InChI=1S/C18H23F3N2O2/c19-18(20,21)14-5-3-4-13(10-14)17(6-1-2-7-17)12-23-16(24)15-11-25-9-8-22-15/h3-5,10,15,22H,1-2,6-9,11-12H2,(H,23,24). The predicted octanol–water partition coefficient (Wildman–Crippen LogP) is 2.62. The molecule has 0 spiro atoms. The van der Waals surface area contributed by atoms with Crippen LogP contribution in [0.2, 0.25) is 0 Å². The number of hydrogen-bond donors (Lipinski definition) is 2. The van der Waals surface area contributed by atoms with Crippen LogP contribution in [0.3, 0.4) is 0 Å². The average Bonchev–Trinajstić information content (AvgIpc) is 3.10. The third kappa shape index (κ3) is 4.15. The van der Waals surface area contributed by atoms with Crippen molar-refractivity contribution in [1.29, 1.82) is 0 Å². The van der Waals surface area contributed by atoms with E-state index in [0.717, 1.165) is 31.7 Å². The molecular weight excluding hydrogens is 333 g/mol. The number of alkyl halides is 3. The smallest absolute Gasteiger partial charge is 0.378 e. The van der Waals surface area contributed by atoms with Gasteiger partial charge in [0.05, 0.1) is 18.8 Å². The van der Waals surface area contributed by atoms with Crippen molar-refractivity contribution in [3.63, 3.8) is 0 Å². The minimum absolute atomic E-state index is 0.155. The van der Waals surface area contributed by atoms with Gasteiger partial charge in [-0.1, -0.05) is 31.0 Å². The highest BCUT2D eigenvalue weighted by atomic mass is 19.4. The largest absolute Gasteiger partial charge is 0.416 e. The minimum atomic E-state index is -4.36. The molecule has 1 aromatic carbocycles. The van der Waals surface area contributed by atoms with Gasteiger partial charge < -0.3 is 15.4 Å². The molecule has 2 N–H and O–H groups in total. The highest BCUT2D eigenvalue weighted by Crippen LogP contribution is 2.42. The molecule has 138 valence electrons. The number of morpholine rings is 1. The van der Waals surface area contributed by atoms with E-state index in [2.05, 4.69) is 10.6 Å². The number of carbonyl (C=O) groups is 1. The molecule has 1 amide bonds. The van der Waals surface area contributed by atoms with Gasteiger partial charge in [0, 0.05) is 18.5 Å². The Hall–Kier alpha value is -1.60. The summed E-state index contributed by atoms with van der Waals surface area (Å²) in [5.41, 5.74) is -0.398. The van der Waals surface area contributed by atoms with E-state index in [9.17, 15) is 18.0 Å². The quantitative estimate of drug-likeness (QED) is 0.872. The fourth-order valence-corrected chi connectivity index (χ4v) is 3.76.